The summed E-state index contributed by atoms with van der Waals surface area (Å²) in [5.74, 6) is -1.85. The second kappa shape index (κ2) is 8.54. The van der Waals surface area contributed by atoms with E-state index in [1.807, 2.05) is 0 Å². The second-order valence-corrected chi connectivity index (χ2v) is 8.80. The molecule has 5 rings (SSSR count). The zero-order valence-electron chi connectivity index (χ0n) is 17.7. The Morgan fingerprint density at radius 3 is 2.26 bits per heavy atom. The van der Waals surface area contributed by atoms with Crippen LogP contribution in [0.25, 0.3) is 0 Å². The number of aromatic nitrogens is 2. The first-order chi connectivity index (χ1) is 16.3. The van der Waals surface area contributed by atoms with Crippen molar-refractivity contribution in [2.45, 2.75) is 0 Å². The Morgan fingerprint density at radius 2 is 1.68 bits per heavy atom. The van der Waals surface area contributed by atoms with E-state index >= 15 is 0 Å². The topological polar surface area (TPSA) is 116 Å². The summed E-state index contributed by atoms with van der Waals surface area (Å²) in [4.78, 5) is 46.3. The lowest BCUT2D eigenvalue weighted by atomic mass is 9.78. The van der Waals surface area contributed by atoms with Crippen molar-refractivity contribution in [3.63, 3.8) is 0 Å². The SMILES string of the molecule is O=C(Nc1ccc(NC(=O)c2nc[nH]c2C(=O)N2CC3(COC3)C2)cc1)c1ccc(F)cc1Cl. The molecule has 0 saturated carbocycles. The lowest BCUT2D eigenvalue weighted by molar-refractivity contribution is -0.176. The molecule has 3 amide bonds. The summed E-state index contributed by atoms with van der Waals surface area (Å²) in [6.07, 6.45) is 1.31. The van der Waals surface area contributed by atoms with E-state index in [2.05, 4.69) is 20.6 Å². The highest BCUT2D eigenvalue weighted by molar-refractivity contribution is 6.34. The number of benzene rings is 2. The molecule has 0 atom stereocenters. The molecule has 3 aromatic rings. The normalized spacial score (nSPS) is 15.9. The lowest BCUT2D eigenvalue weighted by Gasteiger charge is -2.54. The molecule has 174 valence electrons. The first kappa shape index (κ1) is 22.1. The molecule has 9 nitrogen and oxygen atoms in total. The third-order valence-electron chi connectivity index (χ3n) is 5.80. The number of imidazole rings is 1. The quantitative estimate of drug-likeness (QED) is 0.515. The van der Waals surface area contributed by atoms with Gasteiger partial charge in [-0.2, -0.15) is 0 Å². The maximum atomic E-state index is 13.2. The first-order valence-electron chi connectivity index (χ1n) is 10.4. The Hall–Kier alpha value is -3.76. The number of nitrogens with one attached hydrogen (secondary N) is 3. The molecule has 3 heterocycles. The van der Waals surface area contributed by atoms with E-state index in [0.717, 1.165) is 12.1 Å². The van der Waals surface area contributed by atoms with Crippen LogP contribution in [-0.4, -0.2) is 58.9 Å². The number of carbonyl (C=O) groups is 3. The number of H-pyrrole nitrogens is 1. The molecule has 2 aromatic carbocycles. The fraction of sp³-hybridized carbons (Fsp3) is 0.217. The van der Waals surface area contributed by atoms with Gasteiger partial charge in [-0.25, -0.2) is 9.37 Å². The number of nitrogens with zero attached hydrogens (tertiary/aromatic N) is 2. The summed E-state index contributed by atoms with van der Waals surface area (Å²) in [7, 11) is 0. The number of anilines is 2. The number of rotatable bonds is 5. The average Bonchev–Trinajstić information content (AvgIpc) is 3.23. The Kier molecular flexibility index (Phi) is 5.54. The van der Waals surface area contributed by atoms with Crippen molar-refractivity contribution in [1.82, 2.24) is 14.9 Å². The number of aromatic amines is 1. The molecule has 0 aliphatic carbocycles. The highest BCUT2D eigenvalue weighted by Crippen LogP contribution is 2.38. The molecule has 2 saturated heterocycles. The van der Waals surface area contributed by atoms with Crippen LogP contribution >= 0.6 is 11.6 Å². The number of hydrogen-bond donors (Lipinski definition) is 3. The van der Waals surface area contributed by atoms with Gasteiger partial charge in [0.15, 0.2) is 5.69 Å². The van der Waals surface area contributed by atoms with E-state index in [9.17, 15) is 18.8 Å². The zero-order valence-corrected chi connectivity index (χ0v) is 18.5. The second-order valence-electron chi connectivity index (χ2n) is 8.39. The van der Waals surface area contributed by atoms with Crippen LogP contribution < -0.4 is 10.6 Å². The van der Waals surface area contributed by atoms with E-state index < -0.39 is 17.6 Å². The minimum Gasteiger partial charge on any atom is -0.380 e. The monoisotopic (exact) mass is 483 g/mol. The predicted octanol–water partition coefficient (Wildman–Crippen LogP) is 3.18. The number of amides is 3. The van der Waals surface area contributed by atoms with Crippen molar-refractivity contribution in [2.24, 2.45) is 5.41 Å². The van der Waals surface area contributed by atoms with Crippen molar-refractivity contribution in [3.8, 4) is 0 Å². The number of ether oxygens (including phenoxy) is 1. The summed E-state index contributed by atoms with van der Waals surface area (Å²) in [6.45, 7) is 2.51. The van der Waals surface area contributed by atoms with Crippen LogP contribution in [0.15, 0.2) is 48.8 Å². The smallest absolute Gasteiger partial charge is 0.276 e. The van der Waals surface area contributed by atoms with E-state index in [0.29, 0.717) is 37.7 Å². The van der Waals surface area contributed by atoms with Crippen LogP contribution in [0.4, 0.5) is 15.8 Å². The number of likely N-dealkylation sites (tertiary alicyclic amines) is 1. The number of hydrogen-bond acceptors (Lipinski definition) is 5. The maximum absolute atomic E-state index is 13.2. The molecule has 0 radical (unpaired) electrons. The van der Waals surface area contributed by atoms with E-state index in [1.165, 1.54) is 12.4 Å². The van der Waals surface area contributed by atoms with Gasteiger partial charge in [0, 0.05) is 24.5 Å². The van der Waals surface area contributed by atoms with Gasteiger partial charge in [-0.15, -0.1) is 0 Å². The Labute approximate surface area is 198 Å². The van der Waals surface area contributed by atoms with Crippen LogP contribution in [0, 0.1) is 11.2 Å². The van der Waals surface area contributed by atoms with Crippen molar-refractivity contribution in [1.29, 1.82) is 0 Å². The number of halogens is 2. The Balaban J connectivity index is 1.21. The van der Waals surface area contributed by atoms with Crippen LogP contribution in [0.2, 0.25) is 5.02 Å². The molecule has 11 heteroatoms. The van der Waals surface area contributed by atoms with Crippen LogP contribution in [-0.2, 0) is 4.74 Å². The molecule has 2 aliphatic heterocycles. The van der Waals surface area contributed by atoms with Crippen molar-refractivity contribution < 1.29 is 23.5 Å². The molecule has 1 spiro atoms. The van der Waals surface area contributed by atoms with Crippen molar-refractivity contribution in [3.05, 3.63) is 76.6 Å². The molecule has 34 heavy (non-hydrogen) atoms. The van der Waals surface area contributed by atoms with Crippen LogP contribution in [0.5, 0.6) is 0 Å². The molecular formula is C23H19ClFN5O4. The predicted molar refractivity (Wildman–Crippen MR) is 122 cm³/mol. The van der Waals surface area contributed by atoms with E-state index in [1.54, 1.807) is 29.2 Å². The maximum Gasteiger partial charge on any atom is 0.276 e. The number of carbonyl (C=O) groups excluding carboxylic acids is 3. The standard InChI is InChI=1S/C23H19ClFN5O4/c24-17-7-13(25)1-6-16(17)20(31)28-14-2-4-15(5-3-14)29-21(32)18-19(27-12-26-18)22(33)30-8-23(9-30)10-34-11-23/h1-7,12H,8-11H2,(H,26,27)(H,28,31)(H,29,32). The van der Waals surface area contributed by atoms with E-state index in [-0.39, 0.29) is 33.3 Å². The summed E-state index contributed by atoms with van der Waals surface area (Å²) < 4.78 is 18.4. The summed E-state index contributed by atoms with van der Waals surface area (Å²) in [6, 6.07) is 9.85. The lowest BCUT2D eigenvalue weighted by Crippen LogP contribution is -2.67. The minimum atomic E-state index is -0.540. The molecule has 1 aromatic heterocycles. The van der Waals surface area contributed by atoms with Gasteiger partial charge in [-0.3, -0.25) is 14.4 Å². The van der Waals surface area contributed by atoms with Gasteiger partial charge in [0.2, 0.25) is 0 Å². The summed E-state index contributed by atoms with van der Waals surface area (Å²) >= 11 is 5.92. The summed E-state index contributed by atoms with van der Waals surface area (Å²) in [5.41, 5.74) is 1.22. The van der Waals surface area contributed by atoms with Gasteiger partial charge < -0.3 is 25.3 Å². The third-order valence-corrected chi connectivity index (χ3v) is 6.11. The third kappa shape index (κ3) is 4.13. The Morgan fingerprint density at radius 1 is 1.03 bits per heavy atom. The summed E-state index contributed by atoms with van der Waals surface area (Å²) in [5, 5.41) is 5.35. The average molecular weight is 484 g/mol. The fourth-order valence-corrected chi connectivity index (χ4v) is 4.22. The first-order valence-corrected chi connectivity index (χ1v) is 10.8. The fourth-order valence-electron chi connectivity index (χ4n) is 3.97. The zero-order chi connectivity index (χ0) is 23.9. The largest absolute Gasteiger partial charge is 0.380 e. The molecule has 3 N–H and O–H groups in total. The van der Waals surface area contributed by atoms with Gasteiger partial charge in [0.1, 0.15) is 11.5 Å². The molecule has 2 fully saturated rings. The molecule has 0 unspecified atom stereocenters. The molecule has 2 aliphatic rings. The van der Waals surface area contributed by atoms with Gasteiger partial charge in [0.25, 0.3) is 17.7 Å². The highest BCUT2D eigenvalue weighted by atomic mass is 35.5. The van der Waals surface area contributed by atoms with Gasteiger partial charge in [-0.1, -0.05) is 11.6 Å². The highest BCUT2D eigenvalue weighted by Gasteiger charge is 2.51. The van der Waals surface area contributed by atoms with Gasteiger partial charge in [-0.05, 0) is 42.5 Å². The van der Waals surface area contributed by atoms with Gasteiger partial charge in [0.05, 0.1) is 35.5 Å². The van der Waals surface area contributed by atoms with Crippen LogP contribution in [0.3, 0.4) is 0 Å². The molecular weight excluding hydrogens is 465 g/mol. The van der Waals surface area contributed by atoms with Gasteiger partial charge >= 0.3 is 0 Å². The van der Waals surface area contributed by atoms with E-state index in [4.69, 9.17) is 16.3 Å². The van der Waals surface area contributed by atoms with Crippen LogP contribution in [0.1, 0.15) is 31.3 Å². The van der Waals surface area contributed by atoms with Crippen molar-refractivity contribution in [2.75, 3.05) is 36.9 Å². The Bertz CT molecular complexity index is 1280. The minimum absolute atomic E-state index is 0.000143. The molecule has 0 bridgehead atoms. The van der Waals surface area contributed by atoms with Crippen molar-refractivity contribution >= 4 is 40.7 Å².